The lowest BCUT2D eigenvalue weighted by Gasteiger charge is -2.16. The molecular formula is C45H63N3O3. The Morgan fingerprint density at radius 1 is 0.392 bits per heavy atom. The molecule has 0 saturated heterocycles. The van der Waals surface area contributed by atoms with Crippen molar-refractivity contribution in [1.29, 1.82) is 0 Å². The van der Waals surface area contributed by atoms with Crippen molar-refractivity contribution >= 4 is 0 Å². The van der Waals surface area contributed by atoms with Gasteiger partial charge in [0, 0.05) is 16.7 Å². The molecule has 4 rings (SSSR count). The van der Waals surface area contributed by atoms with E-state index in [1.165, 1.54) is 57.8 Å². The Hall–Kier alpha value is -3.93. The van der Waals surface area contributed by atoms with E-state index in [2.05, 4.69) is 41.5 Å². The molecule has 4 aromatic rings. The lowest BCUT2D eigenvalue weighted by atomic mass is 10.0. The first kappa shape index (κ1) is 39.8. The molecule has 0 aliphatic rings. The van der Waals surface area contributed by atoms with Crippen LogP contribution in [-0.2, 0) is 0 Å². The zero-order valence-corrected chi connectivity index (χ0v) is 32.3. The molecular weight excluding hydrogens is 631 g/mol. The molecule has 0 aliphatic carbocycles. The summed E-state index contributed by atoms with van der Waals surface area (Å²) < 4.78 is 18.6. The molecule has 0 aliphatic heterocycles. The van der Waals surface area contributed by atoms with Crippen LogP contribution < -0.4 is 14.2 Å². The van der Waals surface area contributed by atoms with E-state index < -0.39 is 0 Å². The predicted octanol–water partition coefficient (Wildman–Crippen LogP) is 12.7. The van der Waals surface area contributed by atoms with Crippen LogP contribution in [0.4, 0.5) is 0 Å². The largest absolute Gasteiger partial charge is 0.493 e. The fourth-order valence-electron chi connectivity index (χ4n) is 6.20. The SMILES string of the molecule is CCCCC(CC)COc1ccc(-c2nc(-c3ccc(OCC(CC)CCCC)cc3)nc(-c3ccc(OCC(CC)CCCC)cc3)n2)cc1. The van der Waals surface area contributed by atoms with Crippen LogP contribution in [0.2, 0.25) is 0 Å². The molecule has 1 aromatic heterocycles. The van der Waals surface area contributed by atoms with Crippen molar-refractivity contribution in [2.45, 2.75) is 119 Å². The maximum absolute atomic E-state index is 6.20. The van der Waals surface area contributed by atoms with E-state index in [0.29, 0.717) is 35.2 Å². The lowest BCUT2D eigenvalue weighted by molar-refractivity contribution is 0.233. The zero-order chi connectivity index (χ0) is 36.3. The molecule has 0 bridgehead atoms. The van der Waals surface area contributed by atoms with E-state index >= 15 is 0 Å². The maximum Gasteiger partial charge on any atom is 0.164 e. The van der Waals surface area contributed by atoms with Gasteiger partial charge in [-0.15, -0.1) is 0 Å². The fraction of sp³-hybridized carbons (Fsp3) is 0.533. The third-order valence-corrected chi connectivity index (χ3v) is 10.1. The normalized spacial score (nSPS) is 13.1. The Morgan fingerprint density at radius 3 is 0.863 bits per heavy atom. The second-order valence-electron chi connectivity index (χ2n) is 14.1. The van der Waals surface area contributed by atoms with E-state index in [0.717, 1.165) is 73.0 Å². The van der Waals surface area contributed by atoms with Crippen molar-refractivity contribution in [3.05, 3.63) is 72.8 Å². The number of benzene rings is 3. The first-order chi connectivity index (χ1) is 25.0. The van der Waals surface area contributed by atoms with Gasteiger partial charge in [0.2, 0.25) is 0 Å². The van der Waals surface area contributed by atoms with Crippen molar-refractivity contribution in [3.8, 4) is 51.4 Å². The van der Waals surface area contributed by atoms with Gasteiger partial charge in [-0.05, 0) is 110 Å². The number of hydrogen-bond acceptors (Lipinski definition) is 6. The quantitative estimate of drug-likeness (QED) is 0.0728. The van der Waals surface area contributed by atoms with Crippen molar-refractivity contribution < 1.29 is 14.2 Å². The van der Waals surface area contributed by atoms with Crippen LogP contribution in [0.25, 0.3) is 34.2 Å². The Labute approximate surface area is 308 Å². The van der Waals surface area contributed by atoms with Crippen LogP contribution in [0.3, 0.4) is 0 Å². The minimum atomic E-state index is 0.579. The van der Waals surface area contributed by atoms with Crippen LogP contribution in [-0.4, -0.2) is 34.8 Å². The molecule has 276 valence electrons. The molecule has 51 heavy (non-hydrogen) atoms. The highest BCUT2D eigenvalue weighted by atomic mass is 16.5. The number of ether oxygens (including phenoxy) is 3. The molecule has 0 saturated carbocycles. The summed E-state index contributed by atoms with van der Waals surface area (Å²) in [5.41, 5.74) is 2.75. The van der Waals surface area contributed by atoms with Gasteiger partial charge in [-0.2, -0.15) is 0 Å². The summed E-state index contributed by atoms with van der Waals surface area (Å²) in [4.78, 5) is 14.9. The summed E-state index contributed by atoms with van der Waals surface area (Å²) >= 11 is 0. The average Bonchev–Trinajstić information content (AvgIpc) is 3.18. The first-order valence-electron chi connectivity index (χ1n) is 20.0. The minimum Gasteiger partial charge on any atom is -0.493 e. The van der Waals surface area contributed by atoms with Crippen LogP contribution in [0.15, 0.2) is 72.8 Å². The summed E-state index contributed by atoms with van der Waals surface area (Å²) in [5.74, 6) is 6.22. The molecule has 1 heterocycles. The lowest BCUT2D eigenvalue weighted by Crippen LogP contribution is -2.11. The second-order valence-corrected chi connectivity index (χ2v) is 14.1. The molecule has 0 amide bonds. The molecule has 3 atom stereocenters. The highest BCUT2D eigenvalue weighted by Crippen LogP contribution is 2.29. The summed E-state index contributed by atoms with van der Waals surface area (Å²) in [6.45, 7) is 15.7. The van der Waals surface area contributed by atoms with Gasteiger partial charge >= 0.3 is 0 Å². The topological polar surface area (TPSA) is 66.4 Å². The van der Waals surface area contributed by atoms with Crippen molar-refractivity contribution in [2.24, 2.45) is 17.8 Å². The number of aromatic nitrogens is 3. The second kappa shape index (κ2) is 22.1. The summed E-state index contributed by atoms with van der Waals surface area (Å²) in [5, 5.41) is 0. The van der Waals surface area contributed by atoms with Crippen LogP contribution >= 0.6 is 0 Å². The average molecular weight is 694 g/mol. The Kier molecular flexibility index (Phi) is 17.3. The smallest absolute Gasteiger partial charge is 0.164 e. The van der Waals surface area contributed by atoms with Gasteiger partial charge in [0.1, 0.15) is 17.2 Å². The van der Waals surface area contributed by atoms with Gasteiger partial charge in [-0.25, -0.2) is 15.0 Å². The summed E-state index contributed by atoms with van der Waals surface area (Å²) in [6, 6.07) is 24.4. The summed E-state index contributed by atoms with van der Waals surface area (Å²) in [6.07, 6.45) is 14.4. The first-order valence-corrected chi connectivity index (χ1v) is 20.0. The maximum atomic E-state index is 6.20. The van der Waals surface area contributed by atoms with E-state index in [-0.39, 0.29) is 0 Å². The third kappa shape index (κ3) is 13.0. The minimum absolute atomic E-state index is 0.579. The van der Waals surface area contributed by atoms with Crippen molar-refractivity contribution in [2.75, 3.05) is 19.8 Å². The van der Waals surface area contributed by atoms with E-state index in [9.17, 15) is 0 Å². The van der Waals surface area contributed by atoms with Gasteiger partial charge < -0.3 is 14.2 Å². The molecule has 6 heteroatoms. The third-order valence-electron chi connectivity index (χ3n) is 10.1. The summed E-state index contributed by atoms with van der Waals surface area (Å²) in [7, 11) is 0. The molecule has 3 unspecified atom stereocenters. The van der Waals surface area contributed by atoms with Gasteiger partial charge in [-0.3, -0.25) is 0 Å². The molecule has 0 fully saturated rings. The van der Waals surface area contributed by atoms with Gasteiger partial charge in [0.15, 0.2) is 17.5 Å². The van der Waals surface area contributed by atoms with Crippen molar-refractivity contribution in [1.82, 2.24) is 15.0 Å². The highest BCUT2D eigenvalue weighted by molar-refractivity contribution is 5.67. The predicted molar refractivity (Wildman–Crippen MR) is 213 cm³/mol. The Balaban J connectivity index is 1.57. The molecule has 3 aromatic carbocycles. The van der Waals surface area contributed by atoms with Crippen molar-refractivity contribution in [3.63, 3.8) is 0 Å². The van der Waals surface area contributed by atoms with E-state index in [4.69, 9.17) is 29.2 Å². The number of hydrogen-bond donors (Lipinski definition) is 0. The van der Waals surface area contributed by atoms with E-state index in [1.54, 1.807) is 0 Å². The van der Waals surface area contributed by atoms with E-state index in [1.807, 2.05) is 72.8 Å². The van der Waals surface area contributed by atoms with Crippen LogP contribution in [0.5, 0.6) is 17.2 Å². The Bertz CT molecular complexity index is 1330. The van der Waals surface area contributed by atoms with Gasteiger partial charge in [-0.1, -0.05) is 99.3 Å². The number of rotatable bonds is 24. The molecule has 6 nitrogen and oxygen atoms in total. The number of unbranched alkanes of at least 4 members (excludes halogenated alkanes) is 3. The highest BCUT2D eigenvalue weighted by Gasteiger charge is 2.15. The monoisotopic (exact) mass is 693 g/mol. The number of nitrogens with zero attached hydrogens (tertiary/aromatic N) is 3. The van der Waals surface area contributed by atoms with Gasteiger partial charge in [0.25, 0.3) is 0 Å². The Morgan fingerprint density at radius 2 is 0.647 bits per heavy atom. The molecule has 0 N–H and O–H groups in total. The fourth-order valence-corrected chi connectivity index (χ4v) is 6.20. The molecule has 0 spiro atoms. The zero-order valence-electron chi connectivity index (χ0n) is 32.3. The molecule has 0 radical (unpaired) electrons. The standard InChI is InChI=1S/C45H63N3O3/c1-7-13-16-34(10-4)31-49-40-25-19-37(20-26-40)43-46-44(38-21-27-41(28-22-38)50-32-35(11-5)17-14-8-2)48-45(47-43)39-23-29-42(30-24-39)51-33-36(12-6)18-15-9-3/h19-30,34-36H,7-18,31-33H2,1-6H3. The van der Waals surface area contributed by atoms with Gasteiger partial charge in [0.05, 0.1) is 19.8 Å². The van der Waals surface area contributed by atoms with Crippen LogP contribution in [0, 0.1) is 17.8 Å². The van der Waals surface area contributed by atoms with Crippen LogP contribution in [0.1, 0.15) is 119 Å².